The number of ether oxygens (including phenoxy) is 1. The standard InChI is InChI=1S/C22H18N2O/c1-25-19-12-7-11-17(14-19)21(16-8-3-2-4-9-16)22-20-13-6-5-10-18(20)15-23-24-22/h2-15,21H,1H3. The van der Waals surface area contributed by atoms with Crippen LogP contribution in [0.3, 0.4) is 0 Å². The van der Waals surface area contributed by atoms with Gasteiger partial charge in [-0.05, 0) is 23.3 Å². The summed E-state index contributed by atoms with van der Waals surface area (Å²) in [4.78, 5) is 0. The van der Waals surface area contributed by atoms with Crippen molar-refractivity contribution < 1.29 is 4.74 Å². The second-order valence-electron chi connectivity index (χ2n) is 5.94. The highest BCUT2D eigenvalue weighted by Gasteiger charge is 2.21. The molecule has 0 fully saturated rings. The van der Waals surface area contributed by atoms with Crippen molar-refractivity contribution in [3.8, 4) is 5.75 Å². The van der Waals surface area contributed by atoms with Gasteiger partial charge in [-0.1, -0.05) is 66.7 Å². The molecule has 25 heavy (non-hydrogen) atoms. The van der Waals surface area contributed by atoms with Gasteiger partial charge in [-0.2, -0.15) is 10.2 Å². The summed E-state index contributed by atoms with van der Waals surface area (Å²) in [6, 6.07) is 26.8. The SMILES string of the molecule is COc1cccc(C(c2ccccc2)c2nncc3ccccc23)c1. The lowest BCUT2D eigenvalue weighted by Crippen LogP contribution is -2.07. The molecule has 0 aliphatic rings. The highest BCUT2D eigenvalue weighted by Crippen LogP contribution is 2.35. The molecule has 0 N–H and O–H groups in total. The Morgan fingerprint density at radius 1 is 0.800 bits per heavy atom. The van der Waals surface area contributed by atoms with E-state index in [4.69, 9.17) is 4.74 Å². The maximum absolute atomic E-state index is 5.43. The Hall–Kier alpha value is -3.20. The van der Waals surface area contributed by atoms with Crippen molar-refractivity contribution in [3.05, 3.63) is 102 Å². The molecular weight excluding hydrogens is 308 g/mol. The lowest BCUT2D eigenvalue weighted by atomic mass is 9.86. The van der Waals surface area contributed by atoms with Crippen molar-refractivity contribution in [1.82, 2.24) is 10.2 Å². The van der Waals surface area contributed by atoms with E-state index < -0.39 is 0 Å². The number of aromatic nitrogens is 2. The van der Waals surface area contributed by atoms with Crippen molar-refractivity contribution in [1.29, 1.82) is 0 Å². The summed E-state index contributed by atoms with van der Waals surface area (Å²) < 4.78 is 5.43. The van der Waals surface area contributed by atoms with Crippen LogP contribution in [0.15, 0.2) is 85.1 Å². The quantitative estimate of drug-likeness (QED) is 0.539. The Kier molecular flexibility index (Phi) is 4.13. The normalized spacial score (nSPS) is 12.0. The molecule has 0 saturated heterocycles. The topological polar surface area (TPSA) is 35.0 Å². The predicted molar refractivity (Wildman–Crippen MR) is 99.9 cm³/mol. The molecule has 4 rings (SSSR count). The monoisotopic (exact) mass is 326 g/mol. The van der Waals surface area contributed by atoms with Crippen molar-refractivity contribution in [2.24, 2.45) is 0 Å². The molecule has 122 valence electrons. The maximum atomic E-state index is 5.43. The number of fused-ring (bicyclic) bond motifs is 1. The third-order valence-electron chi connectivity index (χ3n) is 4.43. The van der Waals surface area contributed by atoms with Gasteiger partial charge in [-0.15, -0.1) is 0 Å². The summed E-state index contributed by atoms with van der Waals surface area (Å²) in [5.74, 6) is 0.835. The molecule has 1 heterocycles. The molecule has 0 bridgehead atoms. The molecule has 3 heteroatoms. The lowest BCUT2D eigenvalue weighted by Gasteiger charge is -2.19. The average Bonchev–Trinajstić information content (AvgIpc) is 2.69. The van der Waals surface area contributed by atoms with E-state index >= 15 is 0 Å². The molecule has 3 nitrogen and oxygen atoms in total. The molecule has 0 radical (unpaired) electrons. The van der Waals surface area contributed by atoms with Crippen LogP contribution in [0.25, 0.3) is 10.8 Å². The number of methoxy groups -OCH3 is 1. The molecular formula is C22H18N2O. The third-order valence-corrected chi connectivity index (χ3v) is 4.43. The van der Waals surface area contributed by atoms with Crippen LogP contribution >= 0.6 is 0 Å². The van der Waals surface area contributed by atoms with Crippen LogP contribution in [0.5, 0.6) is 5.75 Å². The Labute approximate surface area is 146 Å². The van der Waals surface area contributed by atoms with E-state index in [1.54, 1.807) is 7.11 Å². The molecule has 4 aromatic rings. The van der Waals surface area contributed by atoms with E-state index in [1.807, 2.05) is 36.5 Å². The number of hydrogen-bond donors (Lipinski definition) is 0. The van der Waals surface area contributed by atoms with E-state index in [2.05, 4.69) is 58.7 Å². The zero-order chi connectivity index (χ0) is 17.1. The van der Waals surface area contributed by atoms with Crippen LogP contribution in [0.2, 0.25) is 0 Å². The number of nitrogens with zero attached hydrogens (tertiary/aromatic N) is 2. The molecule has 3 aromatic carbocycles. The molecule has 0 spiro atoms. The zero-order valence-electron chi connectivity index (χ0n) is 14.0. The van der Waals surface area contributed by atoms with Crippen molar-refractivity contribution >= 4 is 10.8 Å². The van der Waals surface area contributed by atoms with Crippen molar-refractivity contribution in [2.45, 2.75) is 5.92 Å². The Balaban J connectivity index is 1.97. The third kappa shape index (κ3) is 2.96. The molecule has 1 atom stereocenters. The van der Waals surface area contributed by atoms with Gasteiger partial charge in [0.05, 0.1) is 24.9 Å². The van der Waals surface area contributed by atoms with Gasteiger partial charge in [0.1, 0.15) is 5.75 Å². The van der Waals surface area contributed by atoms with E-state index in [9.17, 15) is 0 Å². The van der Waals surface area contributed by atoms with Gasteiger partial charge in [0.15, 0.2) is 0 Å². The van der Waals surface area contributed by atoms with Gasteiger partial charge in [0.2, 0.25) is 0 Å². The average molecular weight is 326 g/mol. The summed E-state index contributed by atoms with van der Waals surface area (Å²) in [6.45, 7) is 0. The van der Waals surface area contributed by atoms with Crippen molar-refractivity contribution in [2.75, 3.05) is 7.11 Å². The Bertz CT molecular complexity index is 993. The molecule has 1 unspecified atom stereocenters. The van der Waals surface area contributed by atoms with E-state index in [1.165, 1.54) is 5.56 Å². The highest BCUT2D eigenvalue weighted by atomic mass is 16.5. The number of benzene rings is 3. The van der Waals surface area contributed by atoms with Crippen LogP contribution in [0.1, 0.15) is 22.7 Å². The minimum Gasteiger partial charge on any atom is -0.497 e. The second-order valence-corrected chi connectivity index (χ2v) is 5.94. The Morgan fingerprint density at radius 2 is 1.56 bits per heavy atom. The fourth-order valence-corrected chi connectivity index (χ4v) is 3.24. The van der Waals surface area contributed by atoms with Crippen LogP contribution in [0.4, 0.5) is 0 Å². The molecule has 0 aliphatic carbocycles. The fraction of sp³-hybridized carbons (Fsp3) is 0.0909. The fourth-order valence-electron chi connectivity index (χ4n) is 3.24. The van der Waals surface area contributed by atoms with Gasteiger partial charge in [-0.25, -0.2) is 0 Å². The smallest absolute Gasteiger partial charge is 0.119 e. The lowest BCUT2D eigenvalue weighted by molar-refractivity contribution is 0.414. The van der Waals surface area contributed by atoms with Gasteiger partial charge in [0.25, 0.3) is 0 Å². The summed E-state index contributed by atoms with van der Waals surface area (Å²) >= 11 is 0. The predicted octanol–water partition coefficient (Wildman–Crippen LogP) is 4.82. The van der Waals surface area contributed by atoms with Crippen LogP contribution < -0.4 is 4.74 Å². The van der Waals surface area contributed by atoms with E-state index in [-0.39, 0.29) is 5.92 Å². The minimum absolute atomic E-state index is 0.00472. The highest BCUT2D eigenvalue weighted by molar-refractivity contribution is 5.84. The minimum atomic E-state index is -0.00472. The first-order valence-electron chi connectivity index (χ1n) is 8.26. The van der Waals surface area contributed by atoms with Gasteiger partial charge < -0.3 is 4.74 Å². The zero-order valence-corrected chi connectivity index (χ0v) is 14.0. The molecule has 0 saturated carbocycles. The Morgan fingerprint density at radius 3 is 2.40 bits per heavy atom. The van der Waals surface area contributed by atoms with Crippen molar-refractivity contribution in [3.63, 3.8) is 0 Å². The first-order chi connectivity index (χ1) is 12.4. The van der Waals surface area contributed by atoms with Crippen LogP contribution in [-0.2, 0) is 0 Å². The van der Waals surface area contributed by atoms with Gasteiger partial charge in [-0.3, -0.25) is 0 Å². The number of rotatable bonds is 4. The molecule has 1 aromatic heterocycles. The summed E-state index contributed by atoms with van der Waals surface area (Å²) in [6.07, 6.45) is 1.81. The van der Waals surface area contributed by atoms with E-state index in [0.29, 0.717) is 0 Å². The van der Waals surface area contributed by atoms with E-state index in [0.717, 1.165) is 27.8 Å². The summed E-state index contributed by atoms with van der Waals surface area (Å²) in [5, 5.41) is 11.0. The van der Waals surface area contributed by atoms with Crippen LogP contribution in [-0.4, -0.2) is 17.3 Å². The molecule has 0 amide bonds. The van der Waals surface area contributed by atoms with Crippen LogP contribution in [0, 0.1) is 0 Å². The number of hydrogen-bond acceptors (Lipinski definition) is 3. The first kappa shape index (κ1) is 15.3. The first-order valence-corrected chi connectivity index (χ1v) is 8.26. The van der Waals surface area contributed by atoms with Gasteiger partial charge in [0, 0.05) is 10.8 Å². The van der Waals surface area contributed by atoms with Gasteiger partial charge >= 0.3 is 0 Å². The largest absolute Gasteiger partial charge is 0.497 e. The maximum Gasteiger partial charge on any atom is 0.119 e. The second kappa shape index (κ2) is 6.73. The molecule has 0 aliphatic heterocycles. The summed E-state index contributed by atoms with van der Waals surface area (Å²) in [7, 11) is 1.69. The summed E-state index contributed by atoms with van der Waals surface area (Å²) in [5.41, 5.74) is 3.27.